The minimum atomic E-state index is 0.422. The molecule has 0 saturated carbocycles. The maximum Gasteiger partial charge on any atom is 0.119 e. The van der Waals surface area contributed by atoms with Gasteiger partial charge in [0.15, 0.2) is 0 Å². The second-order valence-electron chi connectivity index (χ2n) is 4.02. The van der Waals surface area contributed by atoms with Crippen LogP contribution in [0.2, 0.25) is 5.02 Å². The maximum atomic E-state index is 8.69. The first-order valence-corrected chi connectivity index (χ1v) is 5.95. The topological polar surface area (TPSA) is 33.0 Å². The Morgan fingerprint density at radius 2 is 1.89 bits per heavy atom. The molecule has 0 aliphatic carbocycles. The summed E-state index contributed by atoms with van der Waals surface area (Å²) in [5, 5.41) is 9.40. The summed E-state index contributed by atoms with van der Waals surface area (Å²) in [6, 6.07) is 15.0. The molecule has 2 aromatic rings. The van der Waals surface area contributed by atoms with Gasteiger partial charge in [-0.1, -0.05) is 23.7 Å². The third-order valence-electron chi connectivity index (χ3n) is 2.59. The highest BCUT2D eigenvalue weighted by Gasteiger charge is 2.02. The minimum absolute atomic E-state index is 0.422. The lowest BCUT2D eigenvalue weighted by Crippen LogP contribution is -1.96. The van der Waals surface area contributed by atoms with Crippen molar-refractivity contribution in [2.75, 3.05) is 0 Å². The highest BCUT2D eigenvalue weighted by atomic mass is 35.5. The van der Waals surface area contributed by atoms with E-state index in [2.05, 4.69) is 6.07 Å². The number of benzene rings is 2. The van der Waals surface area contributed by atoms with Crippen molar-refractivity contribution in [3.05, 3.63) is 64.2 Å². The fraction of sp³-hybridized carbons (Fsp3) is 0.133. The molecule has 0 bridgehead atoms. The van der Waals surface area contributed by atoms with Gasteiger partial charge in [-0.25, -0.2) is 0 Å². The summed E-state index contributed by atoms with van der Waals surface area (Å²) in [4.78, 5) is 0. The first kappa shape index (κ1) is 12.5. The summed E-state index contributed by atoms with van der Waals surface area (Å²) in [7, 11) is 0. The lowest BCUT2D eigenvalue weighted by molar-refractivity contribution is 0.306. The van der Waals surface area contributed by atoms with Crippen molar-refractivity contribution in [3.63, 3.8) is 0 Å². The van der Waals surface area contributed by atoms with Crippen molar-refractivity contribution >= 4 is 11.6 Å². The van der Waals surface area contributed by atoms with Crippen LogP contribution in [0, 0.1) is 18.3 Å². The monoisotopic (exact) mass is 257 g/mol. The molecule has 3 heteroatoms. The van der Waals surface area contributed by atoms with E-state index in [9.17, 15) is 0 Å². The number of hydrogen-bond acceptors (Lipinski definition) is 2. The Balaban J connectivity index is 2.04. The van der Waals surface area contributed by atoms with Gasteiger partial charge in [0.1, 0.15) is 12.4 Å². The normalized spacial score (nSPS) is 9.83. The van der Waals surface area contributed by atoms with Gasteiger partial charge in [-0.2, -0.15) is 5.26 Å². The smallest absolute Gasteiger partial charge is 0.119 e. The third-order valence-corrected chi connectivity index (χ3v) is 2.94. The van der Waals surface area contributed by atoms with Gasteiger partial charge < -0.3 is 4.74 Å². The zero-order valence-electron chi connectivity index (χ0n) is 9.98. The maximum absolute atomic E-state index is 8.69. The van der Waals surface area contributed by atoms with E-state index in [0.717, 1.165) is 16.9 Å². The molecule has 18 heavy (non-hydrogen) atoms. The van der Waals surface area contributed by atoms with Gasteiger partial charge in [-0.15, -0.1) is 0 Å². The molecule has 0 heterocycles. The largest absolute Gasteiger partial charge is 0.489 e. The minimum Gasteiger partial charge on any atom is -0.489 e. The van der Waals surface area contributed by atoms with Crippen LogP contribution < -0.4 is 4.74 Å². The van der Waals surface area contributed by atoms with E-state index in [0.29, 0.717) is 17.2 Å². The molecule has 0 saturated heterocycles. The fourth-order valence-corrected chi connectivity index (χ4v) is 1.85. The van der Waals surface area contributed by atoms with E-state index in [1.807, 2.05) is 25.1 Å². The van der Waals surface area contributed by atoms with Crippen molar-refractivity contribution in [1.29, 1.82) is 5.26 Å². The molecule has 0 aliphatic rings. The predicted molar refractivity (Wildman–Crippen MR) is 71.7 cm³/mol. The van der Waals surface area contributed by atoms with Gasteiger partial charge >= 0.3 is 0 Å². The van der Waals surface area contributed by atoms with Crippen LogP contribution in [0.5, 0.6) is 5.75 Å². The summed E-state index contributed by atoms with van der Waals surface area (Å²) in [5.74, 6) is 0.727. The molecule has 0 spiro atoms. The molecule has 2 aromatic carbocycles. The van der Waals surface area contributed by atoms with Gasteiger partial charge in [0.05, 0.1) is 11.6 Å². The summed E-state index contributed by atoms with van der Waals surface area (Å²) in [6.45, 7) is 2.42. The van der Waals surface area contributed by atoms with E-state index < -0.39 is 0 Å². The van der Waals surface area contributed by atoms with Crippen LogP contribution in [0.4, 0.5) is 0 Å². The number of rotatable bonds is 3. The zero-order valence-corrected chi connectivity index (χ0v) is 10.7. The van der Waals surface area contributed by atoms with Crippen molar-refractivity contribution < 1.29 is 4.74 Å². The van der Waals surface area contributed by atoms with Crippen molar-refractivity contribution in [2.45, 2.75) is 13.5 Å². The number of hydrogen-bond donors (Lipinski definition) is 0. The van der Waals surface area contributed by atoms with Gasteiger partial charge in [-0.3, -0.25) is 0 Å². The second-order valence-corrected chi connectivity index (χ2v) is 4.43. The summed E-state index contributed by atoms with van der Waals surface area (Å²) in [6.07, 6.45) is 0. The summed E-state index contributed by atoms with van der Waals surface area (Å²) < 4.78 is 5.62. The van der Waals surface area contributed by atoms with Crippen LogP contribution in [-0.4, -0.2) is 0 Å². The molecule has 0 N–H and O–H groups in total. The molecule has 2 nitrogen and oxygen atoms in total. The molecule has 0 fully saturated rings. The van der Waals surface area contributed by atoms with Gasteiger partial charge in [0, 0.05) is 10.6 Å². The first-order chi connectivity index (χ1) is 8.69. The Kier molecular flexibility index (Phi) is 3.86. The highest BCUT2D eigenvalue weighted by Crippen LogP contribution is 2.20. The van der Waals surface area contributed by atoms with E-state index >= 15 is 0 Å². The van der Waals surface area contributed by atoms with E-state index in [1.54, 1.807) is 24.3 Å². The second kappa shape index (κ2) is 5.57. The molecular weight excluding hydrogens is 246 g/mol. The molecule has 0 aliphatic heterocycles. The first-order valence-electron chi connectivity index (χ1n) is 5.57. The Morgan fingerprint density at radius 1 is 1.17 bits per heavy atom. The molecule has 0 aromatic heterocycles. The van der Waals surface area contributed by atoms with E-state index in [1.165, 1.54) is 0 Å². The Bertz CT molecular complexity index is 584. The molecular formula is C15H12ClNO. The van der Waals surface area contributed by atoms with Gasteiger partial charge in [0.25, 0.3) is 0 Å². The van der Waals surface area contributed by atoms with Crippen molar-refractivity contribution in [1.82, 2.24) is 0 Å². The third kappa shape index (κ3) is 3.03. The van der Waals surface area contributed by atoms with Crippen molar-refractivity contribution in [3.8, 4) is 11.8 Å². The Labute approximate surface area is 111 Å². The lowest BCUT2D eigenvalue weighted by Gasteiger charge is -2.08. The lowest BCUT2D eigenvalue weighted by atomic mass is 10.1. The van der Waals surface area contributed by atoms with Gasteiger partial charge in [0.2, 0.25) is 0 Å². The Morgan fingerprint density at radius 3 is 2.50 bits per heavy atom. The van der Waals surface area contributed by atoms with Crippen molar-refractivity contribution in [2.24, 2.45) is 0 Å². The quantitative estimate of drug-likeness (QED) is 0.829. The van der Waals surface area contributed by atoms with Crippen LogP contribution in [0.15, 0.2) is 42.5 Å². The summed E-state index contributed by atoms with van der Waals surface area (Å²) >= 11 is 6.12. The van der Waals surface area contributed by atoms with E-state index in [4.69, 9.17) is 21.6 Å². The number of nitrogens with zero attached hydrogens (tertiary/aromatic N) is 1. The summed E-state index contributed by atoms with van der Waals surface area (Å²) in [5.41, 5.74) is 2.70. The number of aryl methyl sites for hydroxylation is 1. The molecule has 0 unspecified atom stereocenters. The van der Waals surface area contributed by atoms with Crippen LogP contribution in [0.3, 0.4) is 0 Å². The molecule has 2 rings (SSSR count). The highest BCUT2D eigenvalue weighted by molar-refractivity contribution is 6.31. The fourth-order valence-electron chi connectivity index (χ4n) is 1.56. The molecule has 0 atom stereocenters. The standard InChI is InChI=1S/C15H12ClNO/c1-11-2-5-13(15(16)8-11)10-18-14-6-3-12(9-17)4-7-14/h2-8H,10H2,1H3. The molecule has 0 amide bonds. The average Bonchev–Trinajstić information content (AvgIpc) is 2.38. The SMILES string of the molecule is Cc1ccc(COc2ccc(C#N)cc2)c(Cl)c1. The number of ether oxygens (including phenoxy) is 1. The number of nitriles is 1. The van der Waals surface area contributed by atoms with E-state index in [-0.39, 0.29) is 0 Å². The van der Waals surface area contributed by atoms with Crippen LogP contribution in [0.25, 0.3) is 0 Å². The predicted octanol–water partition coefficient (Wildman–Crippen LogP) is 4.10. The molecule has 0 radical (unpaired) electrons. The van der Waals surface area contributed by atoms with Crippen LogP contribution in [0.1, 0.15) is 16.7 Å². The zero-order chi connectivity index (χ0) is 13.0. The molecule has 90 valence electrons. The Hall–Kier alpha value is -1.98. The number of halogens is 1. The van der Waals surface area contributed by atoms with Gasteiger partial charge in [-0.05, 0) is 42.8 Å². The van der Waals surface area contributed by atoms with Crippen LogP contribution in [-0.2, 0) is 6.61 Å². The van der Waals surface area contributed by atoms with Crippen LogP contribution >= 0.6 is 11.6 Å². The average molecular weight is 258 g/mol.